The Balaban J connectivity index is 2.28. The molecular weight excluding hydrogens is 275 g/mol. The molecule has 0 aliphatic carbocycles. The summed E-state index contributed by atoms with van der Waals surface area (Å²) in [6, 6.07) is 7.02. The Kier molecular flexibility index (Phi) is 4.12. The molecule has 2 aromatic rings. The van der Waals surface area contributed by atoms with Crippen molar-refractivity contribution in [1.82, 2.24) is 0 Å². The highest BCUT2D eigenvalue weighted by Crippen LogP contribution is 2.25. The van der Waals surface area contributed by atoms with Gasteiger partial charge in [-0.15, -0.1) is 0 Å². The van der Waals surface area contributed by atoms with Crippen molar-refractivity contribution in [2.75, 3.05) is 0 Å². The molecular formula is C14H11ClF3N. The van der Waals surface area contributed by atoms with E-state index in [4.69, 9.17) is 17.3 Å². The van der Waals surface area contributed by atoms with Crippen LogP contribution < -0.4 is 5.73 Å². The van der Waals surface area contributed by atoms with Crippen molar-refractivity contribution in [2.45, 2.75) is 12.5 Å². The smallest absolute Gasteiger partial charge is 0.142 e. The third-order valence-electron chi connectivity index (χ3n) is 2.84. The molecule has 1 unspecified atom stereocenters. The van der Waals surface area contributed by atoms with E-state index in [0.717, 1.165) is 12.1 Å². The van der Waals surface area contributed by atoms with Gasteiger partial charge < -0.3 is 5.73 Å². The fourth-order valence-electron chi connectivity index (χ4n) is 1.83. The molecule has 100 valence electrons. The number of hydrogen-bond acceptors (Lipinski definition) is 1. The van der Waals surface area contributed by atoms with Crippen LogP contribution in [0.15, 0.2) is 36.4 Å². The lowest BCUT2D eigenvalue weighted by Gasteiger charge is -2.14. The standard InChI is InChI=1S/C14H11ClF3N/c15-10-7-12(17)9(6-13(10)18)14(19)5-8-3-1-2-4-11(8)16/h1-4,6-7,14H,5,19H2. The predicted octanol–water partition coefficient (Wildman–Crippen LogP) is 4.00. The van der Waals surface area contributed by atoms with Gasteiger partial charge in [0.05, 0.1) is 5.02 Å². The van der Waals surface area contributed by atoms with Gasteiger partial charge in [-0.2, -0.15) is 0 Å². The Labute approximate surface area is 113 Å². The molecule has 0 spiro atoms. The number of halogens is 4. The summed E-state index contributed by atoms with van der Waals surface area (Å²) in [5.74, 6) is -1.87. The number of hydrogen-bond donors (Lipinski definition) is 1. The van der Waals surface area contributed by atoms with Crippen LogP contribution in [0.1, 0.15) is 17.2 Å². The minimum absolute atomic E-state index is 0.0230. The quantitative estimate of drug-likeness (QED) is 0.848. The normalized spacial score (nSPS) is 12.5. The zero-order chi connectivity index (χ0) is 14.0. The molecule has 19 heavy (non-hydrogen) atoms. The van der Waals surface area contributed by atoms with E-state index in [2.05, 4.69) is 0 Å². The molecule has 0 heterocycles. The van der Waals surface area contributed by atoms with Crippen LogP contribution in [0.4, 0.5) is 13.2 Å². The van der Waals surface area contributed by atoms with Gasteiger partial charge in [0.25, 0.3) is 0 Å². The molecule has 0 saturated heterocycles. The summed E-state index contributed by atoms with van der Waals surface area (Å²) in [7, 11) is 0. The van der Waals surface area contributed by atoms with Gasteiger partial charge in [-0.1, -0.05) is 29.8 Å². The predicted molar refractivity (Wildman–Crippen MR) is 68.4 cm³/mol. The molecule has 2 N–H and O–H groups in total. The van der Waals surface area contributed by atoms with Gasteiger partial charge in [-0.25, -0.2) is 13.2 Å². The SMILES string of the molecule is NC(Cc1ccccc1F)c1cc(F)c(Cl)cc1F. The molecule has 0 amide bonds. The fourth-order valence-corrected chi connectivity index (χ4v) is 1.98. The first-order chi connectivity index (χ1) is 8.99. The molecule has 0 fully saturated rings. The summed E-state index contributed by atoms with van der Waals surface area (Å²) in [6.45, 7) is 0. The summed E-state index contributed by atoms with van der Waals surface area (Å²) in [5.41, 5.74) is 6.13. The van der Waals surface area contributed by atoms with Gasteiger partial charge in [0, 0.05) is 11.6 Å². The molecule has 2 rings (SSSR count). The van der Waals surface area contributed by atoms with E-state index in [1.54, 1.807) is 18.2 Å². The Morgan fingerprint density at radius 2 is 1.68 bits per heavy atom. The summed E-state index contributed by atoms with van der Waals surface area (Å²) >= 11 is 5.46. The van der Waals surface area contributed by atoms with E-state index in [1.807, 2.05) is 0 Å². The lowest BCUT2D eigenvalue weighted by molar-refractivity contribution is 0.551. The number of rotatable bonds is 3. The summed E-state index contributed by atoms with van der Waals surface area (Å²) < 4.78 is 40.4. The first-order valence-corrected chi connectivity index (χ1v) is 6.00. The number of benzene rings is 2. The van der Waals surface area contributed by atoms with Crippen LogP contribution in [-0.4, -0.2) is 0 Å². The van der Waals surface area contributed by atoms with Crippen LogP contribution in [0.25, 0.3) is 0 Å². The summed E-state index contributed by atoms with van der Waals surface area (Å²) in [6.07, 6.45) is 0.0741. The first kappa shape index (κ1) is 13.9. The zero-order valence-electron chi connectivity index (χ0n) is 9.84. The summed E-state index contributed by atoms with van der Waals surface area (Å²) in [5, 5.41) is -0.306. The van der Waals surface area contributed by atoms with Gasteiger partial charge in [-0.05, 0) is 30.2 Å². The maximum atomic E-state index is 13.7. The topological polar surface area (TPSA) is 26.0 Å². The van der Waals surface area contributed by atoms with Crippen molar-refractivity contribution in [2.24, 2.45) is 5.73 Å². The van der Waals surface area contributed by atoms with Crippen molar-refractivity contribution in [1.29, 1.82) is 0 Å². The molecule has 0 aliphatic heterocycles. The highest BCUT2D eigenvalue weighted by Gasteiger charge is 2.16. The van der Waals surface area contributed by atoms with Crippen LogP contribution in [-0.2, 0) is 6.42 Å². The maximum Gasteiger partial charge on any atom is 0.142 e. The average Bonchev–Trinajstić information content (AvgIpc) is 2.36. The molecule has 1 atom stereocenters. The highest BCUT2D eigenvalue weighted by atomic mass is 35.5. The van der Waals surface area contributed by atoms with E-state index in [0.29, 0.717) is 5.56 Å². The Morgan fingerprint density at radius 1 is 1.00 bits per heavy atom. The van der Waals surface area contributed by atoms with Crippen LogP contribution in [0.2, 0.25) is 5.02 Å². The molecule has 0 saturated carbocycles. The Bertz CT molecular complexity index is 601. The molecule has 2 aromatic carbocycles. The molecule has 0 aromatic heterocycles. The minimum atomic E-state index is -0.844. The van der Waals surface area contributed by atoms with E-state index in [-0.39, 0.29) is 17.0 Å². The van der Waals surface area contributed by atoms with Gasteiger partial charge in [0.2, 0.25) is 0 Å². The Morgan fingerprint density at radius 3 is 2.37 bits per heavy atom. The van der Waals surface area contributed by atoms with Crippen molar-refractivity contribution in [3.05, 3.63) is 70.0 Å². The fraction of sp³-hybridized carbons (Fsp3) is 0.143. The van der Waals surface area contributed by atoms with Crippen molar-refractivity contribution in [3.8, 4) is 0 Å². The molecule has 1 nitrogen and oxygen atoms in total. The van der Waals surface area contributed by atoms with Crippen molar-refractivity contribution >= 4 is 11.6 Å². The molecule has 5 heteroatoms. The number of nitrogens with two attached hydrogens (primary N) is 1. The second kappa shape index (κ2) is 5.63. The third kappa shape index (κ3) is 3.08. The van der Waals surface area contributed by atoms with Gasteiger partial charge in [0.15, 0.2) is 0 Å². The Hall–Kier alpha value is -1.52. The van der Waals surface area contributed by atoms with Crippen LogP contribution in [0.5, 0.6) is 0 Å². The lowest BCUT2D eigenvalue weighted by Crippen LogP contribution is -2.16. The average molecular weight is 286 g/mol. The second-order valence-electron chi connectivity index (χ2n) is 4.19. The monoisotopic (exact) mass is 285 g/mol. The largest absolute Gasteiger partial charge is 0.324 e. The summed E-state index contributed by atoms with van der Waals surface area (Å²) in [4.78, 5) is 0. The van der Waals surface area contributed by atoms with Gasteiger partial charge in [-0.3, -0.25) is 0 Å². The highest BCUT2D eigenvalue weighted by molar-refractivity contribution is 6.30. The van der Waals surface area contributed by atoms with E-state index >= 15 is 0 Å². The minimum Gasteiger partial charge on any atom is -0.324 e. The van der Waals surface area contributed by atoms with Crippen molar-refractivity contribution < 1.29 is 13.2 Å². The van der Waals surface area contributed by atoms with Gasteiger partial charge >= 0.3 is 0 Å². The van der Waals surface area contributed by atoms with E-state index < -0.39 is 23.5 Å². The second-order valence-corrected chi connectivity index (χ2v) is 4.60. The van der Waals surface area contributed by atoms with Crippen molar-refractivity contribution in [3.63, 3.8) is 0 Å². The molecule has 0 radical (unpaired) electrons. The maximum absolute atomic E-state index is 13.7. The lowest BCUT2D eigenvalue weighted by atomic mass is 9.99. The van der Waals surface area contributed by atoms with E-state index in [9.17, 15) is 13.2 Å². The third-order valence-corrected chi connectivity index (χ3v) is 3.13. The van der Waals surface area contributed by atoms with E-state index in [1.165, 1.54) is 6.07 Å². The van der Waals surface area contributed by atoms with Crippen LogP contribution in [0, 0.1) is 17.5 Å². The zero-order valence-corrected chi connectivity index (χ0v) is 10.6. The van der Waals surface area contributed by atoms with Crippen LogP contribution in [0.3, 0.4) is 0 Å². The molecule has 0 aliphatic rings. The van der Waals surface area contributed by atoms with Gasteiger partial charge in [0.1, 0.15) is 17.5 Å². The van der Waals surface area contributed by atoms with Crippen LogP contribution >= 0.6 is 11.6 Å². The first-order valence-electron chi connectivity index (χ1n) is 5.62. The molecule has 0 bridgehead atoms.